The highest BCUT2D eigenvalue weighted by Crippen LogP contribution is 2.29. The van der Waals surface area contributed by atoms with E-state index in [0.717, 1.165) is 19.5 Å². The molecule has 0 radical (unpaired) electrons. The van der Waals surface area contributed by atoms with Crippen LogP contribution in [0.2, 0.25) is 0 Å². The summed E-state index contributed by atoms with van der Waals surface area (Å²) < 4.78 is 5.52. The number of morpholine rings is 1. The third-order valence-corrected chi connectivity index (χ3v) is 3.29. The Morgan fingerprint density at radius 3 is 3.14 bits per heavy atom. The van der Waals surface area contributed by atoms with Crippen LogP contribution >= 0.6 is 0 Å². The van der Waals surface area contributed by atoms with Crippen LogP contribution in [0.1, 0.15) is 13.3 Å². The van der Waals surface area contributed by atoms with Crippen LogP contribution in [0.5, 0.6) is 0 Å². The van der Waals surface area contributed by atoms with E-state index >= 15 is 0 Å². The number of nitrogens with zero attached hydrogens (tertiary/aromatic N) is 1. The van der Waals surface area contributed by atoms with Gasteiger partial charge in [-0.3, -0.25) is 0 Å². The zero-order valence-corrected chi connectivity index (χ0v) is 8.45. The van der Waals surface area contributed by atoms with Gasteiger partial charge in [0.15, 0.2) is 0 Å². The molecule has 2 heterocycles. The van der Waals surface area contributed by atoms with E-state index in [4.69, 9.17) is 10.5 Å². The van der Waals surface area contributed by atoms with E-state index < -0.39 is 0 Å². The number of hydrogen-bond donors (Lipinski definition) is 2. The highest BCUT2D eigenvalue weighted by molar-refractivity contribution is 5.74. The normalized spacial score (nSPS) is 36.9. The predicted octanol–water partition coefficient (Wildman–Crippen LogP) is -0.482. The Labute approximate surface area is 83.6 Å². The quantitative estimate of drug-likeness (QED) is 0.599. The third-order valence-electron chi connectivity index (χ3n) is 3.29. The Kier molecular flexibility index (Phi) is 2.36. The molecule has 0 aromatic carbocycles. The Balaban J connectivity index is 2.28. The molecule has 2 fully saturated rings. The van der Waals surface area contributed by atoms with Gasteiger partial charge in [-0.15, -0.1) is 0 Å². The van der Waals surface area contributed by atoms with E-state index in [2.05, 4.69) is 12.2 Å². The molecular weight excluding hydrogens is 182 g/mol. The van der Waals surface area contributed by atoms with Gasteiger partial charge in [-0.25, -0.2) is 4.79 Å². The summed E-state index contributed by atoms with van der Waals surface area (Å²) in [7, 11) is 0. The second-order valence-electron chi connectivity index (χ2n) is 4.09. The number of nitrogens with two attached hydrogens (primary N) is 1. The van der Waals surface area contributed by atoms with Gasteiger partial charge in [0.05, 0.1) is 24.8 Å². The number of urea groups is 1. The van der Waals surface area contributed by atoms with Gasteiger partial charge in [0.1, 0.15) is 0 Å². The molecule has 0 aromatic rings. The molecule has 5 nitrogen and oxygen atoms in total. The first-order valence-corrected chi connectivity index (χ1v) is 5.07. The van der Waals surface area contributed by atoms with Gasteiger partial charge in [0.2, 0.25) is 0 Å². The van der Waals surface area contributed by atoms with E-state index in [1.807, 2.05) is 4.90 Å². The lowest BCUT2D eigenvalue weighted by Gasteiger charge is -2.53. The molecule has 0 saturated carbocycles. The van der Waals surface area contributed by atoms with Crippen LogP contribution in [-0.4, -0.2) is 48.8 Å². The molecule has 0 aromatic heterocycles. The highest BCUT2D eigenvalue weighted by Gasteiger charge is 2.47. The van der Waals surface area contributed by atoms with Crippen molar-refractivity contribution < 1.29 is 9.53 Å². The van der Waals surface area contributed by atoms with Crippen molar-refractivity contribution in [3.8, 4) is 0 Å². The van der Waals surface area contributed by atoms with Crippen molar-refractivity contribution >= 4 is 6.03 Å². The predicted molar refractivity (Wildman–Crippen MR) is 51.9 cm³/mol. The molecule has 5 heteroatoms. The van der Waals surface area contributed by atoms with Gasteiger partial charge in [0, 0.05) is 13.1 Å². The van der Waals surface area contributed by atoms with Crippen LogP contribution in [0, 0.1) is 0 Å². The number of carbonyl (C=O) groups is 1. The molecule has 2 aliphatic rings. The van der Waals surface area contributed by atoms with Crippen LogP contribution in [0.3, 0.4) is 0 Å². The fourth-order valence-electron chi connectivity index (χ4n) is 2.49. The first-order chi connectivity index (χ1) is 6.69. The van der Waals surface area contributed by atoms with E-state index in [1.54, 1.807) is 0 Å². The molecule has 2 saturated heterocycles. The fourth-order valence-corrected chi connectivity index (χ4v) is 2.49. The lowest BCUT2D eigenvalue weighted by atomic mass is 9.88. The fraction of sp³-hybridized carbons (Fsp3) is 0.889. The van der Waals surface area contributed by atoms with E-state index in [9.17, 15) is 4.79 Å². The first kappa shape index (κ1) is 9.73. The van der Waals surface area contributed by atoms with Crippen LogP contribution in [0.15, 0.2) is 0 Å². The summed E-state index contributed by atoms with van der Waals surface area (Å²) in [5.41, 5.74) is 5.21. The van der Waals surface area contributed by atoms with Gasteiger partial charge in [-0.2, -0.15) is 0 Å². The number of ether oxygens (including phenoxy) is 1. The van der Waals surface area contributed by atoms with Gasteiger partial charge in [0.25, 0.3) is 0 Å². The zero-order chi connectivity index (χ0) is 10.2. The summed E-state index contributed by atoms with van der Waals surface area (Å²) in [5, 5.41) is 3.33. The van der Waals surface area contributed by atoms with E-state index in [-0.39, 0.29) is 17.6 Å². The molecule has 80 valence electrons. The minimum absolute atomic E-state index is 0.106. The molecule has 2 bridgehead atoms. The summed E-state index contributed by atoms with van der Waals surface area (Å²) in [6.45, 7) is 4.82. The molecule has 2 unspecified atom stereocenters. The number of hydrogen-bond acceptors (Lipinski definition) is 3. The number of piperazine rings is 1. The average molecular weight is 199 g/mol. The minimum atomic E-state index is -0.318. The molecule has 14 heavy (non-hydrogen) atoms. The van der Waals surface area contributed by atoms with E-state index in [0.29, 0.717) is 13.2 Å². The molecule has 2 amide bonds. The maximum Gasteiger partial charge on any atom is 0.315 e. The average Bonchev–Trinajstić information content (AvgIpc) is 2.16. The summed E-state index contributed by atoms with van der Waals surface area (Å²) in [6, 6.07) is -0.211. The van der Waals surface area contributed by atoms with Crippen molar-refractivity contribution in [1.29, 1.82) is 0 Å². The summed E-state index contributed by atoms with van der Waals surface area (Å²) in [5.74, 6) is 0. The second kappa shape index (κ2) is 3.40. The van der Waals surface area contributed by atoms with Crippen LogP contribution in [-0.2, 0) is 4.74 Å². The summed E-state index contributed by atoms with van der Waals surface area (Å²) in [4.78, 5) is 13.2. The summed E-state index contributed by atoms with van der Waals surface area (Å²) >= 11 is 0. The van der Waals surface area contributed by atoms with Crippen molar-refractivity contribution in [1.82, 2.24) is 10.2 Å². The van der Waals surface area contributed by atoms with Crippen molar-refractivity contribution in [3.05, 3.63) is 0 Å². The van der Waals surface area contributed by atoms with Gasteiger partial charge < -0.3 is 20.7 Å². The largest absolute Gasteiger partial charge is 0.377 e. The van der Waals surface area contributed by atoms with Crippen LogP contribution in [0.25, 0.3) is 0 Å². The standard InChI is InChI=1S/C9H17N3O2/c1-2-9-5-11-3-7(4-14-6-9)12(9)8(10)13/h7,11H,2-6H2,1H3,(H2,10,13). The van der Waals surface area contributed by atoms with Crippen LogP contribution < -0.4 is 11.1 Å². The SMILES string of the molecule is CCC12CNCC(COC1)N2C(N)=O. The Bertz CT molecular complexity index is 234. The number of carbonyl (C=O) groups excluding carboxylic acids is 1. The summed E-state index contributed by atoms with van der Waals surface area (Å²) in [6.07, 6.45) is 0.874. The monoisotopic (exact) mass is 199 g/mol. The molecule has 0 spiro atoms. The maximum absolute atomic E-state index is 11.4. The molecule has 0 aliphatic carbocycles. The highest BCUT2D eigenvalue weighted by atomic mass is 16.5. The number of fused-ring (bicyclic) bond motifs is 2. The molecule has 2 atom stereocenters. The van der Waals surface area contributed by atoms with Gasteiger partial charge in [-0.1, -0.05) is 6.92 Å². The molecule has 2 aliphatic heterocycles. The van der Waals surface area contributed by atoms with Crippen molar-refractivity contribution in [3.63, 3.8) is 0 Å². The van der Waals surface area contributed by atoms with Crippen molar-refractivity contribution in [2.75, 3.05) is 26.3 Å². The molecule has 3 N–H and O–H groups in total. The van der Waals surface area contributed by atoms with Crippen molar-refractivity contribution in [2.45, 2.75) is 24.9 Å². The smallest absolute Gasteiger partial charge is 0.315 e. The minimum Gasteiger partial charge on any atom is -0.377 e. The van der Waals surface area contributed by atoms with E-state index in [1.165, 1.54) is 0 Å². The lowest BCUT2D eigenvalue weighted by molar-refractivity contribution is -0.0956. The molecular formula is C9H17N3O2. The zero-order valence-electron chi connectivity index (χ0n) is 8.45. The second-order valence-corrected chi connectivity index (χ2v) is 4.09. The van der Waals surface area contributed by atoms with Crippen molar-refractivity contribution in [2.24, 2.45) is 5.73 Å². The van der Waals surface area contributed by atoms with Gasteiger partial charge in [-0.05, 0) is 6.42 Å². The topological polar surface area (TPSA) is 67.6 Å². The lowest BCUT2D eigenvalue weighted by Crippen LogP contribution is -2.73. The number of rotatable bonds is 1. The molecule has 2 rings (SSSR count). The van der Waals surface area contributed by atoms with Gasteiger partial charge >= 0.3 is 6.03 Å². The van der Waals surface area contributed by atoms with Crippen LogP contribution in [0.4, 0.5) is 4.79 Å². The number of nitrogens with one attached hydrogen (secondary N) is 1. The Morgan fingerprint density at radius 2 is 2.57 bits per heavy atom. The third kappa shape index (κ3) is 1.27. The number of amides is 2. The maximum atomic E-state index is 11.4. The Morgan fingerprint density at radius 1 is 1.79 bits per heavy atom. The first-order valence-electron chi connectivity index (χ1n) is 5.07. The number of primary amides is 1. The Hall–Kier alpha value is -0.810.